The average molecular weight is 387 g/mol. The molecule has 0 unspecified atom stereocenters. The van der Waals surface area contributed by atoms with Crippen LogP contribution in [0.4, 0.5) is 10.4 Å². The molecule has 8 heteroatoms. The van der Waals surface area contributed by atoms with Gasteiger partial charge in [0.2, 0.25) is 5.89 Å². The van der Waals surface area contributed by atoms with Crippen LogP contribution >= 0.6 is 11.8 Å². The number of aromatic nitrogens is 2. The molecule has 3 rings (SSSR count). The number of thioether (sulfide) groups is 1. The zero-order valence-corrected chi connectivity index (χ0v) is 15.5. The van der Waals surface area contributed by atoms with Crippen LogP contribution in [0, 0.1) is 5.82 Å². The number of nitrogens with zero attached hydrogens (tertiary/aromatic N) is 2. The summed E-state index contributed by atoms with van der Waals surface area (Å²) in [4.78, 5) is 13.1. The standard InChI is InChI=1S/C19H18FN3O3S/c1-2-27-14-9-7-13(8-10-14)11-18-22-23-19(26-18)21-17(24)12-25-16-6-4-3-5-15(16)20/h3-10H,2,11-12H2,1H3,(H,21,23,24). The number of hydrogen-bond donors (Lipinski definition) is 1. The van der Waals surface area contributed by atoms with Crippen molar-refractivity contribution in [3.05, 3.63) is 65.8 Å². The molecular formula is C19H18FN3O3S. The van der Waals surface area contributed by atoms with Crippen LogP contribution in [0.3, 0.4) is 0 Å². The van der Waals surface area contributed by atoms with Gasteiger partial charge in [0.1, 0.15) is 0 Å². The second-order valence-corrected chi connectivity index (χ2v) is 6.86. The molecule has 0 aliphatic rings. The normalized spacial score (nSPS) is 10.6. The predicted octanol–water partition coefficient (Wildman–Crippen LogP) is 3.93. The molecule has 0 bridgehead atoms. The number of benzene rings is 2. The second-order valence-electron chi connectivity index (χ2n) is 5.52. The maximum absolute atomic E-state index is 13.4. The third kappa shape index (κ3) is 5.55. The highest BCUT2D eigenvalue weighted by Gasteiger charge is 2.12. The van der Waals surface area contributed by atoms with Gasteiger partial charge in [-0.2, -0.15) is 0 Å². The third-order valence-electron chi connectivity index (χ3n) is 3.50. The molecule has 0 spiro atoms. The second kappa shape index (κ2) is 9.18. The van der Waals surface area contributed by atoms with Crippen LogP contribution in [0.15, 0.2) is 57.8 Å². The minimum absolute atomic E-state index is 0.00329. The third-order valence-corrected chi connectivity index (χ3v) is 4.39. The molecule has 0 atom stereocenters. The fourth-order valence-corrected chi connectivity index (χ4v) is 2.94. The van der Waals surface area contributed by atoms with Crippen molar-refractivity contribution in [1.29, 1.82) is 0 Å². The smallest absolute Gasteiger partial charge is 0.322 e. The summed E-state index contributed by atoms with van der Waals surface area (Å²) in [5.41, 5.74) is 1.03. The average Bonchev–Trinajstić information content (AvgIpc) is 3.09. The van der Waals surface area contributed by atoms with E-state index in [1.807, 2.05) is 24.3 Å². The molecule has 0 saturated carbocycles. The molecule has 0 fully saturated rings. The number of ether oxygens (including phenoxy) is 1. The van der Waals surface area contributed by atoms with Crippen molar-refractivity contribution >= 4 is 23.7 Å². The number of hydrogen-bond acceptors (Lipinski definition) is 6. The van der Waals surface area contributed by atoms with Crippen molar-refractivity contribution in [3.8, 4) is 5.75 Å². The van der Waals surface area contributed by atoms with Gasteiger partial charge in [0.25, 0.3) is 5.91 Å². The molecule has 6 nitrogen and oxygen atoms in total. The fourth-order valence-electron chi connectivity index (χ4n) is 2.28. The van der Waals surface area contributed by atoms with Crippen LogP contribution in [0.1, 0.15) is 18.4 Å². The van der Waals surface area contributed by atoms with E-state index in [0.29, 0.717) is 12.3 Å². The molecule has 2 aromatic carbocycles. The number of rotatable bonds is 8. The van der Waals surface area contributed by atoms with Gasteiger partial charge in [-0.3, -0.25) is 10.1 Å². The monoisotopic (exact) mass is 387 g/mol. The van der Waals surface area contributed by atoms with E-state index >= 15 is 0 Å². The van der Waals surface area contributed by atoms with Gasteiger partial charge in [-0.25, -0.2) is 4.39 Å². The number of carbonyl (C=O) groups is 1. The lowest BCUT2D eigenvalue weighted by atomic mass is 10.1. The first kappa shape index (κ1) is 18.9. The van der Waals surface area contributed by atoms with Crippen molar-refractivity contribution in [2.75, 3.05) is 17.7 Å². The van der Waals surface area contributed by atoms with Gasteiger partial charge in [-0.05, 0) is 35.6 Å². The Labute approximate surface area is 160 Å². The van der Waals surface area contributed by atoms with Crippen LogP contribution in [0.2, 0.25) is 0 Å². The van der Waals surface area contributed by atoms with Crippen molar-refractivity contribution < 1.29 is 18.3 Å². The summed E-state index contributed by atoms with van der Waals surface area (Å²) >= 11 is 1.77. The van der Waals surface area contributed by atoms with E-state index in [1.54, 1.807) is 23.9 Å². The van der Waals surface area contributed by atoms with Crippen molar-refractivity contribution in [1.82, 2.24) is 10.2 Å². The highest BCUT2D eigenvalue weighted by molar-refractivity contribution is 7.99. The SMILES string of the molecule is CCSc1ccc(Cc2nnc(NC(=O)COc3ccccc3F)o2)cc1. The van der Waals surface area contributed by atoms with Crippen molar-refractivity contribution in [3.63, 3.8) is 0 Å². The van der Waals surface area contributed by atoms with Crippen LogP contribution in [-0.2, 0) is 11.2 Å². The van der Waals surface area contributed by atoms with Crippen LogP contribution in [0.5, 0.6) is 5.75 Å². The molecular weight excluding hydrogens is 369 g/mol. The molecule has 1 heterocycles. The molecule has 0 aliphatic heterocycles. The molecule has 27 heavy (non-hydrogen) atoms. The van der Waals surface area contributed by atoms with Crippen LogP contribution < -0.4 is 10.1 Å². The minimum Gasteiger partial charge on any atom is -0.481 e. The van der Waals surface area contributed by atoms with Gasteiger partial charge in [0.15, 0.2) is 18.2 Å². The van der Waals surface area contributed by atoms with Gasteiger partial charge < -0.3 is 9.15 Å². The van der Waals surface area contributed by atoms with E-state index in [-0.39, 0.29) is 18.4 Å². The molecule has 140 valence electrons. The van der Waals surface area contributed by atoms with Gasteiger partial charge in [-0.1, -0.05) is 36.3 Å². The van der Waals surface area contributed by atoms with Crippen molar-refractivity contribution in [2.24, 2.45) is 0 Å². The maximum Gasteiger partial charge on any atom is 0.322 e. The van der Waals surface area contributed by atoms with Gasteiger partial charge >= 0.3 is 6.01 Å². The van der Waals surface area contributed by atoms with E-state index in [0.717, 1.165) is 11.3 Å². The Morgan fingerprint density at radius 1 is 1.19 bits per heavy atom. The zero-order valence-electron chi connectivity index (χ0n) is 14.6. The number of anilines is 1. The Kier molecular flexibility index (Phi) is 6.43. The van der Waals surface area contributed by atoms with Crippen LogP contribution in [-0.4, -0.2) is 28.5 Å². The summed E-state index contributed by atoms with van der Waals surface area (Å²) in [6.45, 7) is 1.74. The number of amides is 1. The number of halogens is 1. The van der Waals surface area contributed by atoms with E-state index in [2.05, 4.69) is 22.4 Å². The van der Waals surface area contributed by atoms with Gasteiger partial charge in [0, 0.05) is 4.90 Å². The number of carbonyl (C=O) groups excluding carboxylic acids is 1. The van der Waals surface area contributed by atoms with E-state index < -0.39 is 11.7 Å². The van der Waals surface area contributed by atoms with Crippen molar-refractivity contribution in [2.45, 2.75) is 18.2 Å². The first-order valence-corrected chi connectivity index (χ1v) is 9.34. The zero-order chi connectivity index (χ0) is 19.1. The van der Waals surface area contributed by atoms with Crippen LogP contribution in [0.25, 0.3) is 0 Å². The largest absolute Gasteiger partial charge is 0.481 e. The molecule has 0 radical (unpaired) electrons. The topological polar surface area (TPSA) is 77.2 Å². The number of para-hydroxylation sites is 1. The fraction of sp³-hybridized carbons (Fsp3) is 0.211. The molecule has 1 amide bonds. The Morgan fingerprint density at radius 2 is 1.96 bits per heavy atom. The lowest BCUT2D eigenvalue weighted by Crippen LogP contribution is -2.20. The highest BCUT2D eigenvalue weighted by Crippen LogP contribution is 2.19. The Bertz CT molecular complexity index is 899. The molecule has 0 aliphatic carbocycles. The summed E-state index contributed by atoms with van der Waals surface area (Å²) < 4.78 is 24.0. The molecule has 1 N–H and O–H groups in total. The predicted molar refractivity (Wildman–Crippen MR) is 100 cm³/mol. The molecule has 3 aromatic rings. The first-order chi connectivity index (χ1) is 13.1. The minimum atomic E-state index is -0.534. The number of nitrogens with one attached hydrogen (secondary N) is 1. The summed E-state index contributed by atoms with van der Waals surface area (Å²) in [6, 6.07) is 13.9. The first-order valence-electron chi connectivity index (χ1n) is 8.35. The molecule has 1 aromatic heterocycles. The summed E-state index contributed by atoms with van der Waals surface area (Å²) in [6.07, 6.45) is 0.464. The summed E-state index contributed by atoms with van der Waals surface area (Å²) in [5, 5.41) is 10.1. The lowest BCUT2D eigenvalue weighted by Gasteiger charge is -2.05. The summed E-state index contributed by atoms with van der Waals surface area (Å²) in [5.74, 6) is 0.357. The van der Waals surface area contributed by atoms with E-state index in [1.165, 1.54) is 17.0 Å². The van der Waals surface area contributed by atoms with E-state index in [4.69, 9.17) is 9.15 Å². The van der Waals surface area contributed by atoms with E-state index in [9.17, 15) is 9.18 Å². The Morgan fingerprint density at radius 3 is 2.70 bits per heavy atom. The Balaban J connectivity index is 1.51. The summed E-state index contributed by atoms with van der Waals surface area (Å²) in [7, 11) is 0. The highest BCUT2D eigenvalue weighted by atomic mass is 32.2. The lowest BCUT2D eigenvalue weighted by molar-refractivity contribution is -0.118. The maximum atomic E-state index is 13.4. The van der Waals surface area contributed by atoms with Gasteiger partial charge in [-0.15, -0.1) is 16.9 Å². The molecule has 0 saturated heterocycles. The quantitative estimate of drug-likeness (QED) is 0.590. The van der Waals surface area contributed by atoms with Gasteiger partial charge in [0.05, 0.1) is 6.42 Å². The Hall–Kier alpha value is -2.87.